The molecule has 3 atom stereocenters. The zero-order valence-corrected chi connectivity index (χ0v) is 9.50. The second-order valence-electron chi connectivity index (χ2n) is 5.60. The second-order valence-corrected chi connectivity index (χ2v) is 5.60. The standard InChI is InChI=1S/C11H20N2O/c1-11(2,3)13(4)10(14)9-7-5-8(9)12-6-7/h7-9,12H,5-6H2,1-4H3. The first-order valence-electron chi connectivity index (χ1n) is 5.42. The average molecular weight is 196 g/mol. The van der Waals surface area contributed by atoms with E-state index in [1.165, 1.54) is 6.42 Å². The lowest BCUT2D eigenvalue weighted by atomic mass is 9.73. The molecule has 80 valence electrons. The van der Waals surface area contributed by atoms with Gasteiger partial charge in [0.2, 0.25) is 5.91 Å². The molecular formula is C11H20N2O. The first-order valence-corrected chi connectivity index (χ1v) is 5.42. The van der Waals surface area contributed by atoms with Crippen LogP contribution in [0.15, 0.2) is 0 Å². The van der Waals surface area contributed by atoms with Crippen molar-refractivity contribution in [1.82, 2.24) is 10.2 Å². The molecule has 0 aromatic heterocycles. The summed E-state index contributed by atoms with van der Waals surface area (Å²) in [5, 5.41) is 3.38. The molecule has 3 rings (SSSR count). The maximum absolute atomic E-state index is 12.1. The van der Waals surface area contributed by atoms with Crippen molar-refractivity contribution in [2.24, 2.45) is 11.8 Å². The van der Waals surface area contributed by atoms with E-state index in [1.54, 1.807) is 0 Å². The zero-order chi connectivity index (χ0) is 10.5. The zero-order valence-electron chi connectivity index (χ0n) is 9.50. The summed E-state index contributed by atoms with van der Waals surface area (Å²) in [5.74, 6) is 1.19. The van der Waals surface area contributed by atoms with Crippen LogP contribution in [0.2, 0.25) is 0 Å². The van der Waals surface area contributed by atoms with E-state index < -0.39 is 0 Å². The number of rotatable bonds is 1. The highest BCUT2D eigenvalue weighted by molar-refractivity contribution is 5.82. The van der Waals surface area contributed by atoms with Crippen LogP contribution in [0.1, 0.15) is 27.2 Å². The Morgan fingerprint density at radius 1 is 1.43 bits per heavy atom. The van der Waals surface area contributed by atoms with Crippen molar-refractivity contribution < 1.29 is 4.79 Å². The van der Waals surface area contributed by atoms with E-state index >= 15 is 0 Å². The Kier molecular flexibility index (Phi) is 2.11. The normalized spacial score (nSPS) is 35.3. The Labute approximate surface area is 85.8 Å². The molecule has 1 amide bonds. The van der Waals surface area contributed by atoms with Crippen LogP contribution in [-0.4, -0.2) is 36.0 Å². The van der Waals surface area contributed by atoms with Gasteiger partial charge in [0.15, 0.2) is 0 Å². The molecule has 3 aliphatic rings. The van der Waals surface area contributed by atoms with E-state index in [-0.39, 0.29) is 11.5 Å². The molecule has 3 nitrogen and oxygen atoms in total. The fraction of sp³-hybridized carbons (Fsp3) is 0.909. The quantitative estimate of drug-likeness (QED) is 0.674. The Morgan fingerprint density at radius 2 is 2.07 bits per heavy atom. The van der Waals surface area contributed by atoms with E-state index in [0.717, 1.165) is 6.54 Å². The maximum atomic E-state index is 12.1. The average Bonchev–Trinajstić information content (AvgIpc) is 2.60. The molecule has 0 spiro atoms. The van der Waals surface area contributed by atoms with Gasteiger partial charge < -0.3 is 10.2 Å². The molecule has 2 bridgehead atoms. The number of hydrogen-bond acceptors (Lipinski definition) is 2. The van der Waals surface area contributed by atoms with Crippen molar-refractivity contribution in [3.8, 4) is 0 Å². The third-order valence-electron chi connectivity index (χ3n) is 3.76. The van der Waals surface area contributed by atoms with Crippen molar-refractivity contribution >= 4 is 5.91 Å². The molecule has 2 saturated heterocycles. The summed E-state index contributed by atoms with van der Waals surface area (Å²) in [6.07, 6.45) is 1.20. The molecule has 14 heavy (non-hydrogen) atoms. The van der Waals surface area contributed by atoms with Gasteiger partial charge in [0.1, 0.15) is 0 Å². The predicted octanol–water partition coefficient (Wildman–Crippen LogP) is 0.851. The lowest BCUT2D eigenvalue weighted by molar-refractivity contribution is -0.143. The lowest BCUT2D eigenvalue weighted by Crippen LogP contribution is -2.53. The van der Waals surface area contributed by atoms with Crippen molar-refractivity contribution in [3.63, 3.8) is 0 Å². The van der Waals surface area contributed by atoms with Crippen LogP contribution in [0.5, 0.6) is 0 Å². The highest BCUT2D eigenvalue weighted by atomic mass is 16.2. The summed E-state index contributed by atoms with van der Waals surface area (Å²) in [7, 11) is 1.92. The Balaban J connectivity index is 2.03. The van der Waals surface area contributed by atoms with Crippen LogP contribution in [0.25, 0.3) is 0 Å². The number of carbonyl (C=O) groups is 1. The van der Waals surface area contributed by atoms with Gasteiger partial charge in [-0.2, -0.15) is 0 Å². The fourth-order valence-electron chi connectivity index (χ4n) is 2.40. The summed E-state index contributed by atoms with van der Waals surface area (Å²) in [5.41, 5.74) is -0.0495. The Morgan fingerprint density at radius 3 is 2.43 bits per heavy atom. The number of carbonyl (C=O) groups excluding carboxylic acids is 1. The molecule has 2 heterocycles. The number of fused-ring (bicyclic) bond motifs is 1. The van der Waals surface area contributed by atoms with Crippen LogP contribution in [0, 0.1) is 11.8 Å². The van der Waals surface area contributed by atoms with Gasteiger partial charge in [-0.3, -0.25) is 4.79 Å². The van der Waals surface area contributed by atoms with Gasteiger partial charge in [0.25, 0.3) is 0 Å². The SMILES string of the molecule is CN(C(=O)C1C2CNC1C2)C(C)(C)C. The van der Waals surface area contributed by atoms with E-state index in [2.05, 4.69) is 26.1 Å². The molecule has 3 unspecified atom stereocenters. The lowest BCUT2D eigenvalue weighted by Gasteiger charge is -2.40. The van der Waals surface area contributed by atoms with E-state index in [9.17, 15) is 4.79 Å². The number of nitrogens with one attached hydrogen (secondary N) is 1. The summed E-state index contributed by atoms with van der Waals surface area (Å²) in [4.78, 5) is 14.0. The molecule has 1 saturated carbocycles. The summed E-state index contributed by atoms with van der Waals surface area (Å²) in [6.45, 7) is 7.29. The first kappa shape index (κ1) is 9.97. The van der Waals surface area contributed by atoms with Crippen LogP contribution in [0.3, 0.4) is 0 Å². The number of hydrogen-bond donors (Lipinski definition) is 1. The van der Waals surface area contributed by atoms with E-state index in [4.69, 9.17) is 0 Å². The van der Waals surface area contributed by atoms with Gasteiger partial charge in [0, 0.05) is 18.6 Å². The third-order valence-corrected chi connectivity index (χ3v) is 3.76. The number of amides is 1. The van der Waals surface area contributed by atoms with Crippen molar-refractivity contribution in [3.05, 3.63) is 0 Å². The summed E-state index contributed by atoms with van der Waals surface area (Å²) in [6, 6.07) is 0.470. The molecule has 0 aromatic rings. The van der Waals surface area contributed by atoms with Gasteiger partial charge in [-0.15, -0.1) is 0 Å². The van der Waals surface area contributed by atoms with Crippen LogP contribution in [-0.2, 0) is 4.79 Å². The molecule has 0 radical (unpaired) electrons. The molecule has 1 aliphatic carbocycles. The maximum Gasteiger partial charge on any atom is 0.227 e. The van der Waals surface area contributed by atoms with E-state index in [0.29, 0.717) is 17.9 Å². The van der Waals surface area contributed by atoms with Gasteiger partial charge >= 0.3 is 0 Å². The minimum atomic E-state index is -0.0495. The molecule has 1 N–H and O–H groups in total. The summed E-state index contributed by atoms with van der Waals surface area (Å²) >= 11 is 0. The second kappa shape index (κ2) is 2.96. The summed E-state index contributed by atoms with van der Waals surface area (Å²) < 4.78 is 0. The first-order chi connectivity index (χ1) is 6.41. The van der Waals surface area contributed by atoms with Crippen LogP contribution < -0.4 is 5.32 Å². The van der Waals surface area contributed by atoms with Crippen LogP contribution in [0.4, 0.5) is 0 Å². The topological polar surface area (TPSA) is 32.3 Å². The van der Waals surface area contributed by atoms with Crippen molar-refractivity contribution in [2.75, 3.05) is 13.6 Å². The smallest absolute Gasteiger partial charge is 0.227 e. The van der Waals surface area contributed by atoms with Crippen molar-refractivity contribution in [2.45, 2.75) is 38.8 Å². The third kappa shape index (κ3) is 1.34. The highest BCUT2D eigenvalue weighted by Crippen LogP contribution is 2.41. The minimum absolute atomic E-state index is 0.0495. The molecule has 0 aromatic carbocycles. The predicted molar refractivity (Wildman–Crippen MR) is 55.9 cm³/mol. The van der Waals surface area contributed by atoms with Gasteiger partial charge in [-0.05, 0) is 39.7 Å². The van der Waals surface area contributed by atoms with Crippen LogP contribution >= 0.6 is 0 Å². The van der Waals surface area contributed by atoms with Gasteiger partial charge in [-0.25, -0.2) is 0 Å². The van der Waals surface area contributed by atoms with E-state index in [1.807, 2.05) is 11.9 Å². The van der Waals surface area contributed by atoms with Gasteiger partial charge in [0.05, 0.1) is 5.92 Å². The minimum Gasteiger partial charge on any atom is -0.341 e. The van der Waals surface area contributed by atoms with Crippen molar-refractivity contribution in [1.29, 1.82) is 0 Å². The molecule has 3 heteroatoms. The highest BCUT2D eigenvalue weighted by Gasteiger charge is 2.52. The molecule has 3 fully saturated rings. The molecule has 2 aliphatic heterocycles. The Bertz CT molecular complexity index is 239. The monoisotopic (exact) mass is 196 g/mol. The number of nitrogens with zero attached hydrogens (tertiary/aromatic N) is 1. The Hall–Kier alpha value is -0.570. The molecular weight excluding hydrogens is 176 g/mol. The fourth-order valence-corrected chi connectivity index (χ4v) is 2.40. The largest absolute Gasteiger partial charge is 0.341 e. The van der Waals surface area contributed by atoms with Gasteiger partial charge in [-0.1, -0.05) is 0 Å².